The van der Waals surface area contributed by atoms with Crippen molar-refractivity contribution in [1.82, 2.24) is 9.80 Å². The Morgan fingerprint density at radius 3 is 2.57 bits per heavy atom. The van der Waals surface area contributed by atoms with Crippen LogP contribution in [0.15, 0.2) is 18.2 Å². The van der Waals surface area contributed by atoms with Crippen LogP contribution in [0, 0.1) is 5.82 Å². The Balaban J connectivity index is 2.07. The number of β-amino-alcohol motifs (C(OH)–C–C–N with tert-alkyl or cyclic N) is 1. The van der Waals surface area contributed by atoms with Gasteiger partial charge in [-0.3, -0.25) is 9.69 Å². The molecule has 1 atom stereocenters. The molecule has 128 valence electrons. The molecule has 0 unspecified atom stereocenters. The van der Waals surface area contributed by atoms with Crippen LogP contribution in [0.2, 0.25) is 0 Å². The summed E-state index contributed by atoms with van der Waals surface area (Å²) in [5.74, 6) is -1.46. The van der Waals surface area contributed by atoms with Crippen LogP contribution in [0.3, 0.4) is 0 Å². The molecule has 0 radical (unpaired) electrons. The number of nitrogens with zero attached hydrogens (tertiary/aromatic N) is 2. The highest BCUT2D eigenvalue weighted by Gasteiger charge is 2.34. The lowest BCUT2D eigenvalue weighted by Gasteiger charge is -2.21. The minimum absolute atomic E-state index is 0.147. The van der Waals surface area contributed by atoms with Gasteiger partial charge in [-0.25, -0.2) is 4.39 Å². The van der Waals surface area contributed by atoms with Gasteiger partial charge in [0.2, 0.25) is 5.91 Å². The summed E-state index contributed by atoms with van der Waals surface area (Å²) in [7, 11) is 0. The van der Waals surface area contributed by atoms with E-state index in [0.29, 0.717) is 18.7 Å². The summed E-state index contributed by atoms with van der Waals surface area (Å²) in [6, 6.07) is 2.82. The third kappa shape index (κ3) is 4.65. The second-order valence-corrected chi connectivity index (χ2v) is 5.67. The number of carbonyl (C=O) groups excluding carboxylic acids is 1. The second kappa shape index (κ2) is 6.84. The number of benzene rings is 1. The Labute approximate surface area is 131 Å². The number of hydrogen-bond donors (Lipinski definition) is 1. The molecule has 0 spiro atoms. The van der Waals surface area contributed by atoms with Crippen molar-refractivity contribution in [3.05, 3.63) is 35.1 Å². The first-order valence-electron chi connectivity index (χ1n) is 7.18. The van der Waals surface area contributed by atoms with Gasteiger partial charge in [-0.1, -0.05) is 6.07 Å². The predicted octanol–water partition coefficient (Wildman–Crippen LogP) is 1.87. The summed E-state index contributed by atoms with van der Waals surface area (Å²) in [5.41, 5.74) is -0.904. The van der Waals surface area contributed by atoms with Crippen LogP contribution in [-0.2, 0) is 17.5 Å². The van der Waals surface area contributed by atoms with Crippen molar-refractivity contribution in [2.75, 3.05) is 26.2 Å². The van der Waals surface area contributed by atoms with E-state index in [9.17, 15) is 27.5 Å². The molecular weight excluding hydrogens is 316 g/mol. The first kappa shape index (κ1) is 17.7. The molecule has 8 heteroatoms. The summed E-state index contributed by atoms with van der Waals surface area (Å²) in [6.45, 7) is 2.97. The van der Waals surface area contributed by atoms with Crippen LogP contribution < -0.4 is 0 Å². The first-order chi connectivity index (χ1) is 10.7. The van der Waals surface area contributed by atoms with Crippen LogP contribution in [0.5, 0.6) is 0 Å². The van der Waals surface area contributed by atoms with E-state index in [1.165, 1.54) is 17.9 Å². The van der Waals surface area contributed by atoms with Crippen molar-refractivity contribution in [3.8, 4) is 0 Å². The molecule has 1 aromatic rings. The van der Waals surface area contributed by atoms with Crippen molar-refractivity contribution >= 4 is 5.91 Å². The number of halogens is 4. The molecular formula is C15H18F4N2O2. The van der Waals surface area contributed by atoms with E-state index < -0.39 is 23.7 Å². The van der Waals surface area contributed by atoms with E-state index in [1.807, 2.05) is 0 Å². The summed E-state index contributed by atoms with van der Waals surface area (Å²) >= 11 is 0. The lowest BCUT2D eigenvalue weighted by molar-refractivity contribution is -0.140. The number of amides is 1. The molecule has 1 aromatic carbocycles. The van der Waals surface area contributed by atoms with Crippen LogP contribution in [0.4, 0.5) is 17.6 Å². The molecule has 1 N–H and O–H groups in total. The van der Waals surface area contributed by atoms with Crippen LogP contribution in [0.25, 0.3) is 0 Å². The number of carbonyl (C=O) groups is 1. The van der Waals surface area contributed by atoms with E-state index in [-0.39, 0.29) is 25.5 Å². The molecule has 0 aliphatic carbocycles. The van der Waals surface area contributed by atoms with Gasteiger partial charge in [-0.05, 0) is 17.7 Å². The molecule has 1 heterocycles. The van der Waals surface area contributed by atoms with Gasteiger partial charge in [0.1, 0.15) is 5.82 Å². The molecule has 0 saturated carbocycles. The average molecular weight is 334 g/mol. The minimum atomic E-state index is -4.72. The summed E-state index contributed by atoms with van der Waals surface area (Å²) in [5, 5.41) is 9.90. The highest BCUT2D eigenvalue weighted by Crippen LogP contribution is 2.31. The van der Waals surface area contributed by atoms with E-state index in [2.05, 4.69) is 0 Å². The fraction of sp³-hybridized carbons (Fsp3) is 0.533. The molecule has 0 bridgehead atoms. The standard InChI is InChI=1S/C15H18F4N2O2/c1-10(22)21-5-4-20(8-12(23)9-21)7-11-2-3-13(14(16)6-11)15(17,18)19/h2-3,6,12,23H,4-5,7-9H2,1H3/t12-/m0/s1. The number of aliphatic hydroxyl groups is 1. The normalized spacial score (nSPS) is 20.4. The highest BCUT2D eigenvalue weighted by molar-refractivity contribution is 5.73. The van der Waals surface area contributed by atoms with Gasteiger partial charge < -0.3 is 10.0 Å². The zero-order valence-corrected chi connectivity index (χ0v) is 12.6. The zero-order valence-electron chi connectivity index (χ0n) is 12.6. The van der Waals surface area contributed by atoms with Crippen LogP contribution in [-0.4, -0.2) is 53.1 Å². The van der Waals surface area contributed by atoms with Gasteiger partial charge in [0.05, 0.1) is 11.7 Å². The van der Waals surface area contributed by atoms with Gasteiger partial charge in [-0.15, -0.1) is 0 Å². The Bertz CT molecular complexity index is 577. The van der Waals surface area contributed by atoms with Crippen LogP contribution >= 0.6 is 0 Å². The van der Waals surface area contributed by atoms with E-state index >= 15 is 0 Å². The predicted molar refractivity (Wildman–Crippen MR) is 74.9 cm³/mol. The van der Waals surface area contributed by atoms with Crippen molar-refractivity contribution in [1.29, 1.82) is 0 Å². The number of alkyl halides is 3. The molecule has 1 saturated heterocycles. The maximum atomic E-state index is 13.6. The van der Waals surface area contributed by atoms with Gasteiger partial charge in [0.25, 0.3) is 0 Å². The monoisotopic (exact) mass is 334 g/mol. The van der Waals surface area contributed by atoms with Gasteiger partial charge in [0.15, 0.2) is 0 Å². The third-order valence-electron chi connectivity index (χ3n) is 3.78. The fourth-order valence-electron chi connectivity index (χ4n) is 2.63. The van der Waals surface area contributed by atoms with Crippen molar-refractivity contribution in [3.63, 3.8) is 0 Å². The molecule has 2 rings (SSSR count). The zero-order chi connectivity index (χ0) is 17.2. The Morgan fingerprint density at radius 2 is 2.00 bits per heavy atom. The smallest absolute Gasteiger partial charge is 0.390 e. The molecule has 1 aliphatic heterocycles. The minimum Gasteiger partial charge on any atom is -0.390 e. The van der Waals surface area contributed by atoms with E-state index in [1.54, 1.807) is 4.90 Å². The topological polar surface area (TPSA) is 43.8 Å². The fourth-order valence-corrected chi connectivity index (χ4v) is 2.63. The van der Waals surface area contributed by atoms with Gasteiger partial charge >= 0.3 is 6.18 Å². The first-order valence-corrected chi connectivity index (χ1v) is 7.18. The summed E-state index contributed by atoms with van der Waals surface area (Å²) in [6.07, 6.45) is -5.47. The summed E-state index contributed by atoms with van der Waals surface area (Å²) in [4.78, 5) is 14.7. The molecule has 4 nitrogen and oxygen atoms in total. The highest BCUT2D eigenvalue weighted by atomic mass is 19.4. The third-order valence-corrected chi connectivity index (χ3v) is 3.78. The Hall–Kier alpha value is -1.67. The summed E-state index contributed by atoms with van der Waals surface area (Å²) < 4.78 is 51.2. The second-order valence-electron chi connectivity index (χ2n) is 5.67. The molecule has 1 amide bonds. The molecule has 23 heavy (non-hydrogen) atoms. The van der Waals surface area contributed by atoms with Crippen LogP contribution in [0.1, 0.15) is 18.1 Å². The Morgan fingerprint density at radius 1 is 1.30 bits per heavy atom. The SMILES string of the molecule is CC(=O)N1CCN(Cc2ccc(C(F)(F)F)c(F)c2)C[C@H](O)C1. The van der Waals surface area contributed by atoms with Crippen molar-refractivity contribution in [2.45, 2.75) is 25.7 Å². The van der Waals surface area contributed by atoms with Crippen molar-refractivity contribution in [2.24, 2.45) is 0 Å². The van der Waals surface area contributed by atoms with E-state index in [0.717, 1.165) is 12.1 Å². The molecule has 1 aliphatic rings. The quantitative estimate of drug-likeness (QED) is 0.840. The number of rotatable bonds is 2. The largest absolute Gasteiger partial charge is 0.419 e. The maximum absolute atomic E-state index is 13.6. The van der Waals surface area contributed by atoms with Gasteiger partial charge in [-0.2, -0.15) is 13.2 Å². The average Bonchev–Trinajstić information content (AvgIpc) is 2.59. The van der Waals surface area contributed by atoms with E-state index in [4.69, 9.17) is 0 Å². The lowest BCUT2D eigenvalue weighted by atomic mass is 10.1. The van der Waals surface area contributed by atoms with Crippen molar-refractivity contribution < 1.29 is 27.5 Å². The molecule has 1 fully saturated rings. The number of hydrogen-bond acceptors (Lipinski definition) is 3. The maximum Gasteiger partial charge on any atom is 0.419 e. The Kier molecular flexibility index (Phi) is 5.26. The molecule has 0 aromatic heterocycles. The lowest BCUT2D eigenvalue weighted by Crippen LogP contribution is -2.36. The number of aliphatic hydroxyl groups excluding tert-OH is 1. The van der Waals surface area contributed by atoms with Gasteiger partial charge in [0, 0.05) is 39.6 Å².